The molecule has 0 saturated heterocycles. The van der Waals surface area contributed by atoms with Gasteiger partial charge in [-0.2, -0.15) is 0 Å². The number of hydrogen-bond donors (Lipinski definition) is 0. The zero-order valence-corrected chi connectivity index (χ0v) is 36.7. The largest absolute Gasteiger partial charge is 0.114 e. The summed E-state index contributed by atoms with van der Waals surface area (Å²) in [5.41, 5.74) is 19.2. The number of hydrogen-bond acceptors (Lipinski definition) is 0. The summed E-state index contributed by atoms with van der Waals surface area (Å²) in [6, 6.07) is 65.6. The van der Waals surface area contributed by atoms with E-state index in [2.05, 4.69) is 210 Å². The molecule has 0 atom stereocenters. The third-order valence-corrected chi connectivity index (χ3v) is 21.8. The molecule has 0 spiro atoms. The normalized spacial score (nSPS) is 15.7. The van der Waals surface area contributed by atoms with Crippen molar-refractivity contribution in [1.29, 1.82) is 0 Å². The fourth-order valence-corrected chi connectivity index (χ4v) is 18.9. The molecule has 2 heterocycles. The van der Waals surface area contributed by atoms with Gasteiger partial charge in [-0.15, -0.1) is 0 Å². The van der Waals surface area contributed by atoms with E-state index in [1.54, 1.807) is 20.7 Å². The van der Waals surface area contributed by atoms with Gasteiger partial charge in [0.1, 0.15) is 16.1 Å². The molecule has 2 aliphatic heterocycles. The van der Waals surface area contributed by atoms with Crippen molar-refractivity contribution in [2.45, 2.75) is 45.5 Å². The molecular formula is C57H46Si2. The zero-order valence-electron chi connectivity index (χ0n) is 34.7. The van der Waals surface area contributed by atoms with Crippen LogP contribution in [0, 0.1) is 0 Å². The Hall–Kier alpha value is -6.07. The lowest BCUT2D eigenvalue weighted by molar-refractivity contribution is 0.660. The quantitative estimate of drug-likeness (QED) is 0.124. The Morgan fingerprint density at radius 1 is 0.305 bits per heavy atom. The minimum Gasteiger partial charge on any atom is -0.0623 e. The van der Waals surface area contributed by atoms with Crippen LogP contribution in [0.15, 0.2) is 170 Å². The molecule has 282 valence electrons. The van der Waals surface area contributed by atoms with E-state index in [-0.39, 0.29) is 5.41 Å². The van der Waals surface area contributed by atoms with Crippen molar-refractivity contribution >= 4 is 58.4 Å². The summed E-state index contributed by atoms with van der Waals surface area (Å²) in [7, 11) is -4.03. The Morgan fingerprint density at radius 2 is 0.678 bits per heavy atom. The molecule has 0 fully saturated rings. The maximum absolute atomic E-state index is 2.58. The van der Waals surface area contributed by atoms with Crippen molar-refractivity contribution in [2.75, 3.05) is 0 Å². The highest BCUT2D eigenvalue weighted by molar-refractivity contribution is 7.05. The lowest BCUT2D eigenvalue weighted by Crippen LogP contribution is -2.50. The van der Waals surface area contributed by atoms with E-state index in [1.807, 2.05) is 0 Å². The van der Waals surface area contributed by atoms with Gasteiger partial charge in [-0.1, -0.05) is 204 Å². The van der Waals surface area contributed by atoms with Crippen LogP contribution in [-0.4, -0.2) is 16.1 Å². The number of benzene rings is 9. The van der Waals surface area contributed by atoms with Crippen LogP contribution >= 0.6 is 0 Å². The van der Waals surface area contributed by atoms with E-state index in [4.69, 9.17) is 0 Å². The predicted octanol–water partition coefficient (Wildman–Crippen LogP) is 12.9. The fourth-order valence-electron chi connectivity index (χ4n) is 12.0. The number of fused-ring (bicyclic) bond motifs is 11. The van der Waals surface area contributed by atoms with Gasteiger partial charge in [0.15, 0.2) is 0 Å². The molecule has 9 aromatic carbocycles. The molecule has 59 heavy (non-hydrogen) atoms. The summed E-state index contributed by atoms with van der Waals surface area (Å²) in [4.78, 5) is 0. The van der Waals surface area contributed by atoms with Crippen molar-refractivity contribution in [3.05, 3.63) is 181 Å². The molecule has 12 rings (SSSR count). The summed E-state index contributed by atoms with van der Waals surface area (Å²) in [5, 5.41) is 11.5. The van der Waals surface area contributed by atoms with Gasteiger partial charge in [0, 0.05) is 5.41 Å². The summed E-state index contributed by atoms with van der Waals surface area (Å²) in [6.07, 6.45) is 0. The monoisotopic (exact) mass is 786 g/mol. The van der Waals surface area contributed by atoms with Gasteiger partial charge in [-0.05, 0) is 126 Å². The molecule has 2 heteroatoms. The van der Waals surface area contributed by atoms with Crippen LogP contribution < -0.4 is 20.7 Å². The predicted molar refractivity (Wildman–Crippen MR) is 260 cm³/mol. The molecule has 9 aromatic rings. The highest BCUT2D eigenvalue weighted by Gasteiger charge is 2.42. The first-order valence-corrected chi connectivity index (χ1v) is 27.3. The highest BCUT2D eigenvalue weighted by Crippen LogP contribution is 2.54. The molecule has 0 amide bonds. The van der Waals surface area contributed by atoms with E-state index in [9.17, 15) is 0 Å². The number of rotatable bonds is 3. The molecular weight excluding hydrogens is 741 g/mol. The molecule has 0 saturated carbocycles. The molecule has 3 aliphatic rings. The van der Waals surface area contributed by atoms with Gasteiger partial charge >= 0.3 is 0 Å². The van der Waals surface area contributed by atoms with Gasteiger partial charge in [0.2, 0.25) is 0 Å². The third kappa shape index (κ3) is 4.54. The maximum Gasteiger partial charge on any atom is 0.114 e. The standard InChI is InChI=1S/C57H46Si2/c1-57(2)49-30-10-7-20-45(49)54-46(29-17-31-50(54)57)53-39-23-13-21-35(41-25-15-27-43-37-18-8-11-32-51(37)58(3,4)55(41)43)47(39)34-48-36(22-14-24-40(48)53)42-26-16-28-44-38-19-9-12-33-52(38)59(5,6)56(42)44/h7-34H,1-6H3. The van der Waals surface area contributed by atoms with E-state index in [1.165, 1.54) is 99.4 Å². The Labute approximate surface area is 349 Å². The van der Waals surface area contributed by atoms with E-state index in [0.29, 0.717) is 0 Å². The average molecular weight is 787 g/mol. The summed E-state index contributed by atoms with van der Waals surface area (Å²) < 4.78 is 0. The summed E-state index contributed by atoms with van der Waals surface area (Å²) in [5.74, 6) is 0. The first-order chi connectivity index (χ1) is 28.6. The highest BCUT2D eigenvalue weighted by atomic mass is 28.3. The van der Waals surface area contributed by atoms with Crippen molar-refractivity contribution < 1.29 is 0 Å². The Kier molecular flexibility index (Phi) is 7.11. The minimum atomic E-state index is -2.01. The lowest BCUT2D eigenvalue weighted by atomic mass is 9.81. The van der Waals surface area contributed by atoms with E-state index >= 15 is 0 Å². The van der Waals surface area contributed by atoms with Crippen LogP contribution in [0.3, 0.4) is 0 Å². The van der Waals surface area contributed by atoms with Crippen LogP contribution in [0.4, 0.5) is 0 Å². The molecule has 0 bridgehead atoms. The minimum absolute atomic E-state index is 0.0930. The van der Waals surface area contributed by atoms with Crippen molar-refractivity contribution in [1.82, 2.24) is 0 Å². The van der Waals surface area contributed by atoms with E-state index in [0.717, 1.165) is 0 Å². The van der Waals surface area contributed by atoms with Gasteiger partial charge in [0.05, 0.1) is 0 Å². The van der Waals surface area contributed by atoms with Crippen LogP contribution in [0.5, 0.6) is 0 Å². The molecule has 0 radical (unpaired) electrons. The summed E-state index contributed by atoms with van der Waals surface area (Å²) in [6.45, 7) is 15.0. The lowest BCUT2D eigenvalue weighted by Gasteiger charge is -2.25. The van der Waals surface area contributed by atoms with Crippen molar-refractivity contribution in [3.8, 4) is 66.8 Å². The van der Waals surface area contributed by atoms with E-state index < -0.39 is 16.1 Å². The molecule has 0 aromatic heterocycles. The first-order valence-electron chi connectivity index (χ1n) is 21.3. The second-order valence-electron chi connectivity index (χ2n) is 18.7. The van der Waals surface area contributed by atoms with Gasteiger partial charge < -0.3 is 0 Å². The van der Waals surface area contributed by atoms with Crippen molar-refractivity contribution in [2.24, 2.45) is 0 Å². The zero-order chi connectivity index (χ0) is 40.0. The van der Waals surface area contributed by atoms with Crippen LogP contribution in [-0.2, 0) is 5.41 Å². The second-order valence-corrected chi connectivity index (χ2v) is 27.3. The molecule has 0 unspecified atom stereocenters. The Balaban J connectivity index is 1.22. The maximum atomic E-state index is 2.58. The third-order valence-electron chi connectivity index (χ3n) is 14.7. The molecule has 1 aliphatic carbocycles. The average Bonchev–Trinajstić information content (AvgIpc) is 3.75. The second kappa shape index (κ2) is 12.0. The van der Waals surface area contributed by atoms with Gasteiger partial charge in [0.25, 0.3) is 0 Å². The van der Waals surface area contributed by atoms with Crippen LogP contribution in [0.1, 0.15) is 25.0 Å². The van der Waals surface area contributed by atoms with Crippen LogP contribution in [0.2, 0.25) is 26.2 Å². The fraction of sp³-hybridized carbons (Fsp3) is 0.123. The van der Waals surface area contributed by atoms with Gasteiger partial charge in [-0.25, -0.2) is 0 Å². The topological polar surface area (TPSA) is 0 Å². The molecule has 0 nitrogen and oxygen atoms in total. The van der Waals surface area contributed by atoms with Gasteiger partial charge in [-0.3, -0.25) is 0 Å². The SMILES string of the molecule is CC1(C)c2ccccc2-c2c(-c3c4cccc(-c5cccc6c5[Si](C)(C)c5ccccc5-6)c4cc4c(-c5cccc6c5[Si](C)(C)c5ccccc5-6)cccc34)cccc21. The Bertz CT molecular complexity index is 3140. The Morgan fingerprint density at radius 3 is 1.22 bits per heavy atom. The first kappa shape index (κ1) is 34.9. The van der Waals surface area contributed by atoms with Crippen LogP contribution in [0.25, 0.3) is 88.3 Å². The summed E-state index contributed by atoms with van der Waals surface area (Å²) >= 11 is 0. The smallest absolute Gasteiger partial charge is 0.0623 e. The molecule has 0 N–H and O–H groups in total. The van der Waals surface area contributed by atoms with Crippen molar-refractivity contribution in [3.63, 3.8) is 0 Å².